The number of aliphatic hydroxyl groups excluding tert-OH is 1. The van der Waals surface area contributed by atoms with Crippen molar-refractivity contribution in [3.8, 4) is 0 Å². The number of hydrogen-bond donors (Lipinski definition) is 3. The fourth-order valence-electron chi connectivity index (χ4n) is 2.24. The van der Waals surface area contributed by atoms with Crippen molar-refractivity contribution in [3.63, 3.8) is 0 Å². The van der Waals surface area contributed by atoms with Crippen LogP contribution in [-0.4, -0.2) is 59.0 Å². The molecule has 6 nitrogen and oxygen atoms in total. The van der Waals surface area contributed by atoms with E-state index in [1.807, 2.05) is 6.92 Å². The molecule has 0 aliphatic carbocycles. The van der Waals surface area contributed by atoms with Crippen LogP contribution in [0.2, 0.25) is 6.04 Å². The van der Waals surface area contributed by atoms with Gasteiger partial charge >= 0.3 is 8.80 Å². The van der Waals surface area contributed by atoms with Crippen molar-refractivity contribution in [1.82, 2.24) is 5.32 Å². The van der Waals surface area contributed by atoms with Gasteiger partial charge in [-0.05, 0) is 39.7 Å². The van der Waals surface area contributed by atoms with Crippen molar-refractivity contribution in [2.24, 2.45) is 5.73 Å². The Morgan fingerprint density at radius 2 is 2.30 bits per heavy atom. The van der Waals surface area contributed by atoms with E-state index in [-0.39, 0.29) is 18.8 Å². The summed E-state index contributed by atoms with van der Waals surface area (Å²) in [4.78, 5) is 0. The molecule has 0 saturated carbocycles. The summed E-state index contributed by atoms with van der Waals surface area (Å²) in [5.74, 6) is 0. The molecule has 0 radical (unpaired) electrons. The smallest absolute Gasteiger partial charge is 0.396 e. The van der Waals surface area contributed by atoms with Crippen molar-refractivity contribution in [1.29, 1.82) is 0 Å². The van der Waals surface area contributed by atoms with Crippen LogP contribution < -0.4 is 11.1 Å². The molecule has 0 aromatic heterocycles. The molecule has 7 heteroatoms. The Hall–Kier alpha value is -0.0231. The SMILES string of the molecule is CC(CCO)O[Si]1(CCCNCCN)OCCC(C)O1. The summed E-state index contributed by atoms with van der Waals surface area (Å²) in [7, 11) is -2.59. The van der Waals surface area contributed by atoms with Gasteiger partial charge in [-0.2, -0.15) is 0 Å². The van der Waals surface area contributed by atoms with Gasteiger partial charge in [-0.3, -0.25) is 0 Å². The Morgan fingerprint density at radius 3 is 2.95 bits per heavy atom. The van der Waals surface area contributed by atoms with Gasteiger partial charge in [0.1, 0.15) is 0 Å². The molecule has 3 unspecified atom stereocenters. The van der Waals surface area contributed by atoms with E-state index >= 15 is 0 Å². The minimum absolute atomic E-state index is 0.0334. The second-order valence-corrected chi connectivity index (χ2v) is 7.96. The van der Waals surface area contributed by atoms with Crippen molar-refractivity contribution < 1.29 is 18.4 Å². The average Bonchev–Trinajstić information content (AvgIpc) is 2.38. The summed E-state index contributed by atoms with van der Waals surface area (Å²) in [6.07, 6.45) is 2.63. The van der Waals surface area contributed by atoms with Gasteiger partial charge in [-0.25, -0.2) is 0 Å². The number of nitrogens with one attached hydrogen (secondary N) is 1. The molecule has 0 aromatic carbocycles. The number of aliphatic hydroxyl groups is 1. The van der Waals surface area contributed by atoms with Gasteiger partial charge in [0.15, 0.2) is 0 Å². The molecule has 1 aliphatic heterocycles. The van der Waals surface area contributed by atoms with Gasteiger partial charge < -0.3 is 29.4 Å². The first kappa shape index (κ1) is 18.0. The highest BCUT2D eigenvalue weighted by Crippen LogP contribution is 2.27. The third-order valence-corrected chi connectivity index (χ3v) is 6.43. The third-order valence-electron chi connectivity index (χ3n) is 3.30. The van der Waals surface area contributed by atoms with Gasteiger partial charge in [0.05, 0.1) is 0 Å². The molecule has 3 atom stereocenters. The molecule has 1 aliphatic rings. The van der Waals surface area contributed by atoms with Crippen molar-refractivity contribution >= 4 is 8.80 Å². The van der Waals surface area contributed by atoms with E-state index in [0.29, 0.717) is 19.6 Å². The minimum atomic E-state index is -2.59. The van der Waals surface area contributed by atoms with E-state index in [2.05, 4.69) is 12.2 Å². The lowest BCUT2D eigenvalue weighted by atomic mass is 10.3. The van der Waals surface area contributed by atoms with Crippen LogP contribution in [0, 0.1) is 0 Å². The Morgan fingerprint density at radius 1 is 1.50 bits per heavy atom. The Balaban J connectivity index is 2.45. The Kier molecular flexibility index (Phi) is 8.86. The van der Waals surface area contributed by atoms with Crippen LogP contribution in [0.1, 0.15) is 33.1 Å². The first-order chi connectivity index (χ1) is 9.62. The van der Waals surface area contributed by atoms with E-state index in [1.165, 1.54) is 0 Å². The lowest BCUT2D eigenvalue weighted by molar-refractivity contribution is -0.0326. The summed E-state index contributed by atoms with van der Waals surface area (Å²) in [5, 5.41) is 12.3. The minimum Gasteiger partial charge on any atom is -0.396 e. The van der Waals surface area contributed by atoms with Crippen LogP contribution in [0.5, 0.6) is 0 Å². The molecule has 0 spiro atoms. The lowest BCUT2D eigenvalue weighted by Gasteiger charge is -2.38. The van der Waals surface area contributed by atoms with Crippen LogP contribution in [0.25, 0.3) is 0 Å². The second-order valence-electron chi connectivity index (χ2n) is 5.33. The zero-order valence-electron chi connectivity index (χ0n) is 12.8. The van der Waals surface area contributed by atoms with Crippen molar-refractivity contribution in [3.05, 3.63) is 0 Å². The van der Waals surface area contributed by atoms with Gasteiger partial charge in [-0.1, -0.05) is 0 Å². The molecule has 0 aromatic rings. The maximum Gasteiger partial charge on any atom is 0.501 e. The Labute approximate surface area is 123 Å². The summed E-state index contributed by atoms with van der Waals surface area (Å²) < 4.78 is 18.1. The maximum absolute atomic E-state index is 9.01. The summed E-state index contributed by atoms with van der Waals surface area (Å²) in [6.45, 7) is 7.23. The quantitative estimate of drug-likeness (QED) is 0.402. The zero-order chi connectivity index (χ0) is 14.8. The lowest BCUT2D eigenvalue weighted by Crippen LogP contribution is -2.53. The fraction of sp³-hybridized carbons (Fsp3) is 1.00. The molecule has 1 heterocycles. The van der Waals surface area contributed by atoms with Gasteiger partial charge in [-0.15, -0.1) is 0 Å². The molecule has 1 saturated heterocycles. The highest BCUT2D eigenvalue weighted by Gasteiger charge is 2.45. The number of rotatable bonds is 10. The van der Waals surface area contributed by atoms with Crippen molar-refractivity contribution in [2.45, 2.75) is 51.4 Å². The number of hydrogen-bond acceptors (Lipinski definition) is 6. The predicted molar refractivity (Wildman–Crippen MR) is 80.5 cm³/mol. The molecular weight excluding hydrogens is 276 g/mol. The molecule has 120 valence electrons. The Bertz CT molecular complexity index is 261. The molecule has 1 fully saturated rings. The topological polar surface area (TPSA) is 86.0 Å². The van der Waals surface area contributed by atoms with Crippen LogP contribution in [0.4, 0.5) is 0 Å². The monoisotopic (exact) mass is 306 g/mol. The predicted octanol–water partition coefficient (Wildman–Crippen LogP) is 0.477. The van der Waals surface area contributed by atoms with Gasteiger partial charge in [0.25, 0.3) is 0 Å². The first-order valence-corrected chi connectivity index (χ1v) is 9.56. The van der Waals surface area contributed by atoms with E-state index < -0.39 is 8.80 Å². The van der Waals surface area contributed by atoms with E-state index in [0.717, 1.165) is 32.0 Å². The van der Waals surface area contributed by atoms with Crippen LogP contribution in [-0.2, 0) is 13.3 Å². The highest BCUT2D eigenvalue weighted by molar-refractivity contribution is 6.60. The van der Waals surface area contributed by atoms with E-state index in [9.17, 15) is 0 Å². The van der Waals surface area contributed by atoms with Crippen LogP contribution in [0.3, 0.4) is 0 Å². The third kappa shape index (κ3) is 6.62. The molecule has 1 rings (SSSR count). The highest BCUT2D eigenvalue weighted by atomic mass is 28.4. The number of nitrogens with two attached hydrogens (primary N) is 1. The molecular formula is C13H30N2O4Si. The second kappa shape index (κ2) is 9.83. The van der Waals surface area contributed by atoms with Crippen LogP contribution in [0.15, 0.2) is 0 Å². The summed E-state index contributed by atoms with van der Waals surface area (Å²) in [5.41, 5.74) is 5.45. The van der Waals surface area contributed by atoms with E-state index in [4.69, 9.17) is 24.1 Å². The largest absolute Gasteiger partial charge is 0.501 e. The fourth-order valence-corrected chi connectivity index (χ4v) is 5.31. The maximum atomic E-state index is 9.01. The molecule has 0 amide bonds. The molecule has 20 heavy (non-hydrogen) atoms. The zero-order valence-corrected chi connectivity index (χ0v) is 13.8. The molecule has 0 bridgehead atoms. The summed E-state index contributed by atoms with van der Waals surface area (Å²) >= 11 is 0. The standard InChI is InChI=1S/C13H30N2O4Si/c1-12(4-9-16)18-20(11-3-7-15-8-6-14)17-10-5-13(2)19-20/h12-13,15-16H,3-11,14H2,1-2H3. The molecule has 4 N–H and O–H groups in total. The average molecular weight is 306 g/mol. The van der Waals surface area contributed by atoms with Crippen LogP contribution >= 0.6 is 0 Å². The van der Waals surface area contributed by atoms with Gasteiger partial charge in [0.2, 0.25) is 0 Å². The van der Waals surface area contributed by atoms with Gasteiger partial charge in [0, 0.05) is 44.6 Å². The van der Waals surface area contributed by atoms with E-state index in [1.54, 1.807) is 0 Å². The summed E-state index contributed by atoms with van der Waals surface area (Å²) in [6, 6.07) is 0.810. The first-order valence-electron chi connectivity index (χ1n) is 7.63. The van der Waals surface area contributed by atoms with Crippen molar-refractivity contribution in [2.75, 3.05) is 32.8 Å². The normalized spacial score (nSPS) is 28.5.